The van der Waals surface area contributed by atoms with E-state index >= 15 is 0 Å². The molecule has 5 nitrogen and oxygen atoms in total. The largest absolute Gasteiger partial charge is 0.476 e. The van der Waals surface area contributed by atoms with Gasteiger partial charge in [-0.2, -0.15) is 0 Å². The summed E-state index contributed by atoms with van der Waals surface area (Å²) in [4.78, 5) is 11.0. The molecule has 0 aromatic heterocycles. The number of aryl methyl sites for hydroxylation is 1. The molecule has 102 valence electrons. The van der Waals surface area contributed by atoms with Gasteiger partial charge in [-0.1, -0.05) is 35.0 Å². The fraction of sp³-hybridized carbons (Fsp3) is 0.0667. The Hall–Kier alpha value is -2.82. The zero-order chi connectivity index (χ0) is 14.5. The monoisotopic (exact) mass is 271 g/mol. The first-order valence-corrected chi connectivity index (χ1v) is 5.91. The van der Waals surface area contributed by atoms with Crippen LogP contribution >= 0.6 is 0 Å². The average molecular weight is 271 g/mol. The Morgan fingerprint density at radius 2 is 1.75 bits per heavy atom. The van der Waals surface area contributed by atoms with Gasteiger partial charge in [0.2, 0.25) is 0 Å². The highest BCUT2D eigenvalue weighted by molar-refractivity contribution is 6.43. The van der Waals surface area contributed by atoms with Crippen LogP contribution in [0.1, 0.15) is 11.1 Å². The van der Waals surface area contributed by atoms with E-state index in [1.54, 1.807) is 30.3 Å². The van der Waals surface area contributed by atoms with Crippen LogP contribution in [0.3, 0.4) is 0 Å². The van der Waals surface area contributed by atoms with E-state index in [0.717, 1.165) is 5.56 Å². The topological polar surface area (TPSA) is 79.1 Å². The minimum Gasteiger partial charge on any atom is -0.476 e. The summed E-state index contributed by atoms with van der Waals surface area (Å²) in [6, 6.07) is 13.8. The van der Waals surface area contributed by atoms with Gasteiger partial charge in [0.15, 0.2) is 5.71 Å². The smallest absolute Gasteiger partial charge is 0.358 e. The molecule has 2 rings (SSSR count). The Balaban J connectivity index is 2.37. The number of carbonyl (C=O) groups is 1. The second-order valence-electron chi connectivity index (χ2n) is 4.17. The third-order valence-corrected chi connectivity index (χ3v) is 2.69. The maximum Gasteiger partial charge on any atom is 0.358 e. The van der Waals surface area contributed by atoms with Crippen LogP contribution in [0, 0.1) is 6.92 Å². The second-order valence-corrected chi connectivity index (χ2v) is 4.17. The van der Waals surface area contributed by atoms with E-state index in [9.17, 15) is 4.79 Å². The van der Waals surface area contributed by atoms with Crippen molar-refractivity contribution in [3.8, 4) is 11.5 Å². The minimum absolute atomic E-state index is 0.211. The fourth-order valence-electron chi connectivity index (χ4n) is 1.70. The standard InChI is InChI=1S/C15H13NO4/c1-10-6-8-11(9-7-10)20-13-5-3-2-4-12(13)14(16-19)15(17)18/h2-9,19H,1H3,(H,17,18). The number of carboxylic acids is 1. The highest BCUT2D eigenvalue weighted by atomic mass is 16.5. The molecule has 0 saturated carbocycles. The first-order valence-electron chi connectivity index (χ1n) is 5.91. The summed E-state index contributed by atoms with van der Waals surface area (Å²) in [6.45, 7) is 1.96. The van der Waals surface area contributed by atoms with Crippen LogP contribution < -0.4 is 4.74 Å². The van der Waals surface area contributed by atoms with Gasteiger partial charge in [-0.25, -0.2) is 4.79 Å². The van der Waals surface area contributed by atoms with Crippen molar-refractivity contribution in [1.29, 1.82) is 0 Å². The number of aliphatic carboxylic acids is 1. The van der Waals surface area contributed by atoms with Crippen LogP contribution in [0.5, 0.6) is 11.5 Å². The van der Waals surface area contributed by atoms with Gasteiger partial charge in [0, 0.05) is 0 Å². The van der Waals surface area contributed by atoms with Crippen molar-refractivity contribution in [3.05, 3.63) is 59.7 Å². The summed E-state index contributed by atoms with van der Waals surface area (Å²) in [5.74, 6) is -0.440. The van der Waals surface area contributed by atoms with Gasteiger partial charge >= 0.3 is 5.97 Å². The molecule has 0 fully saturated rings. The maximum absolute atomic E-state index is 11.0. The quantitative estimate of drug-likeness (QED) is 0.509. The predicted molar refractivity (Wildman–Crippen MR) is 73.7 cm³/mol. The Morgan fingerprint density at radius 3 is 2.35 bits per heavy atom. The molecule has 0 radical (unpaired) electrons. The lowest BCUT2D eigenvalue weighted by atomic mass is 10.1. The number of ether oxygens (including phenoxy) is 1. The van der Waals surface area contributed by atoms with E-state index < -0.39 is 11.7 Å². The first-order chi connectivity index (χ1) is 9.61. The summed E-state index contributed by atoms with van der Waals surface area (Å²) < 4.78 is 5.64. The number of benzene rings is 2. The van der Waals surface area contributed by atoms with Crippen LogP contribution in [0.25, 0.3) is 0 Å². The van der Waals surface area contributed by atoms with Crippen LogP contribution in [0.15, 0.2) is 53.7 Å². The molecule has 2 N–H and O–H groups in total. The Labute approximate surface area is 115 Å². The minimum atomic E-state index is -1.33. The lowest BCUT2D eigenvalue weighted by Crippen LogP contribution is -2.15. The third kappa shape index (κ3) is 2.95. The molecule has 0 saturated heterocycles. The highest BCUT2D eigenvalue weighted by Crippen LogP contribution is 2.26. The maximum atomic E-state index is 11.0. The molecule has 0 heterocycles. The van der Waals surface area contributed by atoms with Gasteiger partial charge in [-0.15, -0.1) is 0 Å². The summed E-state index contributed by atoms with van der Waals surface area (Å²) in [5.41, 5.74) is 0.838. The molecule has 0 spiro atoms. The zero-order valence-electron chi connectivity index (χ0n) is 10.8. The van der Waals surface area contributed by atoms with E-state index in [1.165, 1.54) is 6.07 Å². The van der Waals surface area contributed by atoms with E-state index in [0.29, 0.717) is 11.5 Å². The molecule has 0 aliphatic heterocycles. The van der Waals surface area contributed by atoms with Gasteiger partial charge in [0.25, 0.3) is 0 Å². The summed E-state index contributed by atoms with van der Waals surface area (Å²) in [6.07, 6.45) is 0. The van der Waals surface area contributed by atoms with Gasteiger partial charge in [-0.3, -0.25) is 0 Å². The molecule has 20 heavy (non-hydrogen) atoms. The molecule has 0 aliphatic rings. The molecule has 0 bridgehead atoms. The van der Waals surface area contributed by atoms with E-state index in [-0.39, 0.29) is 5.56 Å². The highest BCUT2D eigenvalue weighted by Gasteiger charge is 2.18. The van der Waals surface area contributed by atoms with Crippen LogP contribution in [-0.2, 0) is 4.79 Å². The molecular weight excluding hydrogens is 258 g/mol. The molecule has 0 aliphatic carbocycles. The Bertz CT molecular complexity index is 647. The summed E-state index contributed by atoms with van der Waals surface area (Å²) in [7, 11) is 0. The van der Waals surface area contributed by atoms with Gasteiger partial charge in [-0.05, 0) is 31.2 Å². The second kappa shape index (κ2) is 5.88. The predicted octanol–water partition coefficient (Wildman–Crippen LogP) is 3.05. The van der Waals surface area contributed by atoms with Crippen molar-refractivity contribution in [1.82, 2.24) is 0 Å². The molecular formula is C15H13NO4. The third-order valence-electron chi connectivity index (χ3n) is 2.69. The van der Waals surface area contributed by atoms with Crippen molar-refractivity contribution < 1.29 is 19.8 Å². The van der Waals surface area contributed by atoms with Crippen molar-refractivity contribution >= 4 is 11.7 Å². The molecule has 5 heteroatoms. The first kappa shape index (κ1) is 13.6. The van der Waals surface area contributed by atoms with Crippen molar-refractivity contribution in [2.24, 2.45) is 5.16 Å². The number of rotatable bonds is 4. The van der Waals surface area contributed by atoms with Crippen molar-refractivity contribution in [2.45, 2.75) is 6.92 Å². The molecule has 2 aromatic rings. The van der Waals surface area contributed by atoms with E-state index in [2.05, 4.69) is 5.16 Å². The molecule has 0 atom stereocenters. The molecule has 0 amide bonds. The van der Waals surface area contributed by atoms with Crippen LogP contribution in [0.2, 0.25) is 0 Å². The Morgan fingerprint density at radius 1 is 1.10 bits per heavy atom. The molecule has 0 unspecified atom stereocenters. The summed E-state index contributed by atoms with van der Waals surface area (Å²) >= 11 is 0. The number of carboxylic acid groups (broad SMARTS) is 1. The van der Waals surface area contributed by atoms with E-state index in [4.69, 9.17) is 15.1 Å². The van der Waals surface area contributed by atoms with Crippen molar-refractivity contribution in [3.63, 3.8) is 0 Å². The lowest BCUT2D eigenvalue weighted by molar-refractivity contribution is -0.129. The average Bonchev–Trinajstić information content (AvgIpc) is 2.43. The van der Waals surface area contributed by atoms with Crippen molar-refractivity contribution in [2.75, 3.05) is 0 Å². The number of hydrogen-bond donors (Lipinski definition) is 2. The van der Waals surface area contributed by atoms with Crippen LogP contribution in [0.4, 0.5) is 0 Å². The van der Waals surface area contributed by atoms with Gasteiger partial charge < -0.3 is 15.1 Å². The SMILES string of the molecule is Cc1ccc(Oc2ccccc2C(=NO)C(=O)O)cc1. The van der Waals surface area contributed by atoms with E-state index in [1.807, 2.05) is 19.1 Å². The number of hydrogen-bond acceptors (Lipinski definition) is 4. The molecule has 2 aromatic carbocycles. The van der Waals surface area contributed by atoms with Gasteiger partial charge in [0.05, 0.1) is 5.56 Å². The van der Waals surface area contributed by atoms with Crippen LogP contribution in [-0.4, -0.2) is 22.0 Å². The number of oxime groups is 1. The normalized spacial score (nSPS) is 11.2. The fourth-order valence-corrected chi connectivity index (χ4v) is 1.70. The Kier molecular flexibility index (Phi) is 4.00. The lowest BCUT2D eigenvalue weighted by Gasteiger charge is -2.10. The summed E-state index contributed by atoms with van der Waals surface area (Å²) in [5, 5.41) is 20.6. The zero-order valence-corrected chi connectivity index (χ0v) is 10.8. The van der Waals surface area contributed by atoms with Gasteiger partial charge in [0.1, 0.15) is 11.5 Å². The number of para-hydroxylation sites is 1. The number of nitrogens with zero attached hydrogens (tertiary/aromatic N) is 1.